The molecule has 2 aliphatic carbocycles. The largest absolute Gasteiger partial charge is 0.337 e. The summed E-state index contributed by atoms with van der Waals surface area (Å²) >= 11 is 0. The maximum absolute atomic E-state index is 3.93. The molecular weight excluding hydrogens is 397 g/mol. The van der Waals surface area contributed by atoms with Gasteiger partial charge in [0.05, 0.1) is 0 Å². The van der Waals surface area contributed by atoms with E-state index in [-0.39, 0.29) is 0 Å². The first kappa shape index (κ1) is 26.3. The van der Waals surface area contributed by atoms with Crippen LogP contribution < -0.4 is 0 Å². The first-order chi connectivity index (χ1) is 16.0. The average molecular weight is 448 g/mol. The summed E-state index contributed by atoms with van der Waals surface area (Å²) in [7, 11) is 0. The lowest BCUT2D eigenvalue weighted by Crippen LogP contribution is -2.53. The van der Waals surface area contributed by atoms with Crippen LogP contribution in [-0.4, -0.2) is 23.7 Å². The van der Waals surface area contributed by atoms with Gasteiger partial charge in [-0.15, -0.1) is 6.58 Å². The zero-order chi connectivity index (χ0) is 23.8. The first-order valence-corrected chi connectivity index (χ1v) is 14.2. The number of nitrogens with zero attached hydrogens (tertiary/aromatic N) is 1. The Morgan fingerprint density at radius 3 is 2.48 bits per heavy atom. The van der Waals surface area contributed by atoms with Crippen LogP contribution in [0.5, 0.6) is 0 Å². The maximum Gasteiger partial charge on any atom is 0.238 e. The highest BCUT2D eigenvalue weighted by Crippen LogP contribution is 2.49. The van der Waals surface area contributed by atoms with Gasteiger partial charge < -0.3 is 4.81 Å². The van der Waals surface area contributed by atoms with Crippen LogP contribution in [0.15, 0.2) is 43.0 Å². The molecule has 0 heterocycles. The summed E-state index contributed by atoms with van der Waals surface area (Å²) < 4.78 is 0. The first-order valence-electron chi connectivity index (χ1n) is 14.2. The zero-order valence-electron chi connectivity index (χ0n) is 22.4. The van der Waals surface area contributed by atoms with E-state index in [0.29, 0.717) is 24.7 Å². The quantitative estimate of drug-likeness (QED) is 0.156. The van der Waals surface area contributed by atoms with E-state index in [1.165, 1.54) is 70.6 Å². The van der Waals surface area contributed by atoms with Crippen LogP contribution in [0.1, 0.15) is 122 Å². The molecular formula is C31H50BN. The summed E-state index contributed by atoms with van der Waals surface area (Å²) in [6.07, 6.45) is 19.5. The third-order valence-corrected chi connectivity index (χ3v) is 8.34. The number of unbranched alkanes of at least 4 members (excludes halogenated alkanes) is 4. The third kappa shape index (κ3) is 6.65. The Kier molecular flexibility index (Phi) is 10.4. The van der Waals surface area contributed by atoms with E-state index in [0.717, 1.165) is 11.7 Å². The van der Waals surface area contributed by atoms with Gasteiger partial charge in [-0.1, -0.05) is 116 Å². The van der Waals surface area contributed by atoms with Gasteiger partial charge in [0, 0.05) is 0 Å². The highest BCUT2D eigenvalue weighted by molar-refractivity contribution is 6.60. The Balaban J connectivity index is 1.88. The SMILES string of the molecule is C=CCCCC1CCC(B(C2C=C(CCCCCC)c3ccccc32)N(C(C)C)C(C)C)C1. The van der Waals surface area contributed by atoms with Gasteiger partial charge in [-0.25, -0.2) is 0 Å². The Hall–Kier alpha value is -1.28. The van der Waals surface area contributed by atoms with E-state index >= 15 is 0 Å². The van der Waals surface area contributed by atoms with Crippen molar-refractivity contribution in [1.29, 1.82) is 0 Å². The van der Waals surface area contributed by atoms with E-state index < -0.39 is 0 Å². The summed E-state index contributed by atoms with van der Waals surface area (Å²) in [6.45, 7) is 16.5. The van der Waals surface area contributed by atoms with Gasteiger partial charge in [0.15, 0.2) is 0 Å². The molecule has 1 fully saturated rings. The minimum absolute atomic E-state index is 0.545. The second-order valence-corrected chi connectivity index (χ2v) is 11.4. The molecule has 1 saturated carbocycles. The van der Waals surface area contributed by atoms with Crippen LogP contribution in [0.4, 0.5) is 0 Å². The molecule has 1 aromatic carbocycles. The molecule has 3 atom stereocenters. The van der Waals surface area contributed by atoms with E-state index in [1.807, 2.05) is 0 Å². The topological polar surface area (TPSA) is 3.24 Å². The minimum atomic E-state index is 0.545. The molecule has 0 radical (unpaired) electrons. The molecule has 3 rings (SSSR count). The second-order valence-electron chi connectivity index (χ2n) is 11.4. The van der Waals surface area contributed by atoms with Gasteiger partial charge in [0.25, 0.3) is 0 Å². The van der Waals surface area contributed by atoms with E-state index in [4.69, 9.17) is 0 Å². The van der Waals surface area contributed by atoms with Gasteiger partial charge in [0.2, 0.25) is 6.85 Å². The third-order valence-electron chi connectivity index (χ3n) is 8.34. The molecule has 0 N–H and O–H groups in total. The molecule has 2 heteroatoms. The molecule has 182 valence electrons. The fraction of sp³-hybridized carbons (Fsp3) is 0.677. The average Bonchev–Trinajstić information content (AvgIpc) is 3.40. The zero-order valence-corrected chi connectivity index (χ0v) is 22.4. The van der Waals surface area contributed by atoms with Crippen molar-refractivity contribution in [3.8, 4) is 0 Å². The van der Waals surface area contributed by atoms with Gasteiger partial charge in [-0.2, -0.15) is 0 Å². The summed E-state index contributed by atoms with van der Waals surface area (Å²) in [6, 6.07) is 10.5. The molecule has 0 amide bonds. The molecule has 1 nitrogen and oxygen atoms in total. The van der Waals surface area contributed by atoms with Crippen molar-refractivity contribution in [3.05, 3.63) is 54.1 Å². The normalized spacial score (nSPS) is 22.3. The standard InChI is InChI=1S/C31H50BN/c1-7-9-11-13-17-27-23-31(30-19-15-14-18-29(27)30)32(33(24(3)4)25(5)6)28-21-20-26(22-28)16-12-10-8-2/h8,14-15,18-19,23-26,28,31H,2,7,9-13,16-17,20-22H2,1,3-6H3. The molecule has 1 aromatic rings. The van der Waals surface area contributed by atoms with Crippen molar-refractivity contribution in [1.82, 2.24) is 4.81 Å². The minimum Gasteiger partial charge on any atom is -0.337 e. The monoisotopic (exact) mass is 447 g/mol. The molecule has 0 bridgehead atoms. The van der Waals surface area contributed by atoms with Crippen molar-refractivity contribution < 1.29 is 0 Å². The van der Waals surface area contributed by atoms with Crippen LogP contribution in [0, 0.1) is 5.92 Å². The fourth-order valence-electron chi connectivity index (χ4n) is 6.96. The number of benzene rings is 1. The van der Waals surface area contributed by atoms with Crippen molar-refractivity contribution in [2.75, 3.05) is 0 Å². The van der Waals surface area contributed by atoms with Crippen LogP contribution in [0.2, 0.25) is 5.82 Å². The summed E-state index contributed by atoms with van der Waals surface area (Å²) in [4.78, 5) is 2.87. The van der Waals surface area contributed by atoms with Crippen molar-refractivity contribution in [2.45, 2.75) is 129 Å². The Bertz CT molecular complexity index is 756. The van der Waals surface area contributed by atoms with E-state index in [9.17, 15) is 0 Å². The van der Waals surface area contributed by atoms with E-state index in [1.54, 1.807) is 16.7 Å². The number of hydrogen-bond donors (Lipinski definition) is 0. The van der Waals surface area contributed by atoms with Crippen LogP contribution in [0.25, 0.3) is 5.57 Å². The van der Waals surface area contributed by atoms with Gasteiger partial charge in [-0.3, -0.25) is 0 Å². The predicted octanol–water partition coefficient (Wildman–Crippen LogP) is 9.31. The number of allylic oxidation sites excluding steroid dienone is 3. The van der Waals surface area contributed by atoms with Gasteiger partial charge in [0.1, 0.15) is 0 Å². The maximum atomic E-state index is 3.93. The van der Waals surface area contributed by atoms with Gasteiger partial charge in [-0.05, 0) is 72.0 Å². The molecule has 0 aromatic heterocycles. The van der Waals surface area contributed by atoms with Crippen molar-refractivity contribution in [3.63, 3.8) is 0 Å². The van der Waals surface area contributed by atoms with Crippen molar-refractivity contribution in [2.24, 2.45) is 5.92 Å². The van der Waals surface area contributed by atoms with E-state index in [2.05, 4.69) is 82.4 Å². The second kappa shape index (κ2) is 13.0. The summed E-state index contributed by atoms with van der Waals surface area (Å²) in [5, 5.41) is 0. The Morgan fingerprint density at radius 2 is 1.79 bits per heavy atom. The lowest BCUT2D eigenvalue weighted by molar-refractivity contribution is 0.293. The molecule has 3 unspecified atom stereocenters. The summed E-state index contributed by atoms with van der Waals surface area (Å²) in [5.74, 6) is 2.26. The molecule has 33 heavy (non-hydrogen) atoms. The molecule has 0 saturated heterocycles. The Labute approximate surface area is 206 Å². The predicted molar refractivity (Wildman–Crippen MR) is 149 cm³/mol. The highest BCUT2D eigenvalue weighted by Gasteiger charge is 2.45. The molecule has 2 aliphatic rings. The van der Waals surface area contributed by atoms with Crippen LogP contribution >= 0.6 is 0 Å². The summed E-state index contributed by atoms with van der Waals surface area (Å²) in [5.41, 5.74) is 4.79. The van der Waals surface area contributed by atoms with Crippen LogP contribution in [0.3, 0.4) is 0 Å². The lowest BCUT2D eigenvalue weighted by atomic mass is 9.39. The molecule has 0 aliphatic heterocycles. The number of hydrogen-bond acceptors (Lipinski definition) is 1. The fourth-order valence-corrected chi connectivity index (χ4v) is 6.96. The lowest BCUT2D eigenvalue weighted by Gasteiger charge is -2.42. The van der Waals surface area contributed by atoms with Crippen LogP contribution in [-0.2, 0) is 0 Å². The highest BCUT2D eigenvalue weighted by atomic mass is 15.1. The Morgan fingerprint density at radius 1 is 1.03 bits per heavy atom. The van der Waals surface area contributed by atoms with Gasteiger partial charge >= 0.3 is 0 Å². The smallest absolute Gasteiger partial charge is 0.238 e. The molecule has 0 spiro atoms. The van der Waals surface area contributed by atoms with Crippen molar-refractivity contribution >= 4 is 12.4 Å². The number of rotatable bonds is 14. The number of fused-ring (bicyclic) bond motifs is 1.